The molecule has 100 valence electrons. The Hall–Kier alpha value is -0.170. The van der Waals surface area contributed by atoms with E-state index in [9.17, 15) is 8.42 Å². The standard InChI is InChI=1S/C11H22N2O3S/c1-13(17(14,15)6-5-16-2)11-7-9-3-4-10(8-11)12-9/h9-12H,3-8H2,1-2H3. The average molecular weight is 262 g/mol. The van der Waals surface area contributed by atoms with E-state index in [-0.39, 0.29) is 18.4 Å². The van der Waals surface area contributed by atoms with E-state index in [0.29, 0.717) is 12.1 Å². The topological polar surface area (TPSA) is 58.6 Å². The number of hydrogen-bond donors (Lipinski definition) is 1. The van der Waals surface area contributed by atoms with Crippen LogP contribution < -0.4 is 5.32 Å². The summed E-state index contributed by atoms with van der Waals surface area (Å²) in [4.78, 5) is 0. The first-order valence-corrected chi connectivity index (χ1v) is 7.84. The molecule has 0 saturated carbocycles. The summed E-state index contributed by atoms with van der Waals surface area (Å²) in [7, 11) is 0.0762. The van der Waals surface area contributed by atoms with E-state index in [1.165, 1.54) is 20.0 Å². The molecule has 2 heterocycles. The van der Waals surface area contributed by atoms with Gasteiger partial charge in [-0.2, -0.15) is 0 Å². The number of nitrogens with one attached hydrogen (secondary N) is 1. The molecule has 17 heavy (non-hydrogen) atoms. The summed E-state index contributed by atoms with van der Waals surface area (Å²) in [5.74, 6) is 0.0826. The van der Waals surface area contributed by atoms with E-state index in [0.717, 1.165) is 12.8 Å². The Kier molecular flexibility index (Phi) is 4.07. The second kappa shape index (κ2) is 5.22. The first-order chi connectivity index (χ1) is 8.03. The normalized spacial score (nSPS) is 33.2. The molecule has 0 radical (unpaired) electrons. The lowest BCUT2D eigenvalue weighted by molar-refractivity contribution is 0.212. The van der Waals surface area contributed by atoms with Gasteiger partial charge in [0.15, 0.2) is 0 Å². The van der Waals surface area contributed by atoms with Crippen molar-refractivity contribution in [2.24, 2.45) is 0 Å². The Balaban J connectivity index is 1.97. The van der Waals surface area contributed by atoms with Crippen molar-refractivity contribution in [3.05, 3.63) is 0 Å². The highest BCUT2D eigenvalue weighted by Crippen LogP contribution is 2.30. The number of sulfonamides is 1. The summed E-state index contributed by atoms with van der Waals surface area (Å²) < 4.78 is 30.5. The van der Waals surface area contributed by atoms with Gasteiger partial charge in [0.2, 0.25) is 10.0 Å². The van der Waals surface area contributed by atoms with E-state index < -0.39 is 10.0 Å². The molecular formula is C11H22N2O3S. The van der Waals surface area contributed by atoms with Gasteiger partial charge in [-0.1, -0.05) is 0 Å². The van der Waals surface area contributed by atoms with Gasteiger partial charge in [0.25, 0.3) is 0 Å². The lowest BCUT2D eigenvalue weighted by Gasteiger charge is -2.34. The summed E-state index contributed by atoms with van der Waals surface area (Å²) >= 11 is 0. The molecule has 2 bridgehead atoms. The zero-order valence-corrected chi connectivity index (χ0v) is 11.4. The van der Waals surface area contributed by atoms with Crippen LogP contribution in [-0.2, 0) is 14.8 Å². The minimum atomic E-state index is -3.16. The van der Waals surface area contributed by atoms with Crippen LogP contribution in [0.1, 0.15) is 25.7 Å². The van der Waals surface area contributed by atoms with Crippen molar-refractivity contribution in [2.75, 3.05) is 26.5 Å². The Bertz CT molecular complexity index is 346. The molecule has 5 nitrogen and oxygen atoms in total. The molecule has 2 aliphatic rings. The lowest BCUT2D eigenvalue weighted by atomic mass is 10.0. The molecule has 6 heteroatoms. The molecule has 2 atom stereocenters. The zero-order valence-electron chi connectivity index (χ0n) is 10.6. The molecule has 0 aromatic rings. The van der Waals surface area contributed by atoms with E-state index in [1.54, 1.807) is 11.4 Å². The summed E-state index contributed by atoms with van der Waals surface area (Å²) in [5, 5.41) is 3.52. The first-order valence-electron chi connectivity index (χ1n) is 6.23. The van der Waals surface area contributed by atoms with Gasteiger partial charge in [0.05, 0.1) is 12.4 Å². The Labute approximate surface area is 104 Å². The molecule has 0 aliphatic carbocycles. The van der Waals surface area contributed by atoms with Gasteiger partial charge in [-0.15, -0.1) is 0 Å². The highest BCUT2D eigenvalue weighted by Gasteiger charge is 2.38. The van der Waals surface area contributed by atoms with E-state index in [2.05, 4.69) is 5.32 Å². The van der Waals surface area contributed by atoms with E-state index >= 15 is 0 Å². The van der Waals surface area contributed by atoms with Crippen LogP contribution in [-0.4, -0.2) is 57.4 Å². The number of hydrogen-bond acceptors (Lipinski definition) is 4. The highest BCUT2D eigenvalue weighted by atomic mass is 32.2. The second-order valence-electron chi connectivity index (χ2n) is 5.09. The summed E-state index contributed by atoms with van der Waals surface area (Å²) in [6.07, 6.45) is 4.26. The fraction of sp³-hybridized carbons (Fsp3) is 1.00. The van der Waals surface area contributed by atoms with Crippen LogP contribution in [0.4, 0.5) is 0 Å². The third kappa shape index (κ3) is 2.99. The average Bonchev–Trinajstić information content (AvgIpc) is 2.64. The van der Waals surface area contributed by atoms with Crippen LogP contribution in [0.25, 0.3) is 0 Å². The largest absolute Gasteiger partial charge is 0.384 e. The smallest absolute Gasteiger partial charge is 0.216 e. The fourth-order valence-corrected chi connectivity index (χ4v) is 4.18. The van der Waals surface area contributed by atoms with Crippen molar-refractivity contribution in [1.29, 1.82) is 0 Å². The molecule has 2 rings (SSSR count). The molecule has 2 fully saturated rings. The highest BCUT2D eigenvalue weighted by molar-refractivity contribution is 7.89. The predicted octanol–water partition coefficient (Wildman–Crippen LogP) is 0.177. The van der Waals surface area contributed by atoms with Gasteiger partial charge in [0, 0.05) is 32.3 Å². The van der Waals surface area contributed by atoms with Gasteiger partial charge in [-0.25, -0.2) is 12.7 Å². The minimum Gasteiger partial charge on any atom is -0.384 e. The van der Waals surface area contributed by atoms with Gasteiger partial charge >= 0.3 is 0 Å². The van der Waals surface area contributed by atoms with E-state index in [1.807, 2.05) is 0 Å². The molecule has 2 aliphatic heterocycles. The molecule has 1 N–H and O–H groups in total. The number of ether oxygens (including phenoxy) is 1. The molecule has 0 aromatic carbocycles. The van der Waals surface area contributed by atoms with Gasteiger partial charge < -0.3 is 10.1 Å². The molecule has 2 unspecified atom stereocenters. The molecule has 0 aromatic heterocycles. The third-order valence-corrected chi connectivity index (χ3v) is 5.80. The van der Waals surface area contributed by atoms with Gasteiger partial charge in [0.1, 0.15) is 0 Å². The zero-order chi connectivity index (χ0) is 12.5. The van der Waals surface area contributed by atoms with Crippen LogP contribution in [0.2, 0.25) is 0 Å². The van der Waals surface area contributed by atoms with Crippen LogP contribution in [0, 0.1) is 0 Å². The fourth-order valence-electron chi connectivity index (χ4n) is 2.88. The minimum absolute atomic E-state index is 0.0826. The second-order valence-corrected chi connectivity index (χ2v) is 7.24. The van der Waals surface area contributed by atoms with Crippen molar-refractivity contribution in [2.45, 2.75) is 43.8 Å². The lowest BCUT2D eigenvalue weighted by Crippen LogP contribution is -2.49. The summed E-state index contributed by atoms with van der Waals surface area (Å²) in [5.41, 5.74) is 0. The number of piperidine rings is 1. The molecule has 0 spiro atoms. The first kappa shape index (κ1) is 13.3. The van der Waals surface area contributed by atoms with Crippen molar-refractivity contribution in [3.63, 3.8) is 0 Å². The van der Waals surface area contributed by atoms with Crippen LogP contribution >= 0.6 is 0 Å². The molecule has 2 saturated heterocycles. The maximum atomic E-state index is 12.0. The third-order valence-electron chi connectivity index (χ3n) is 3.95. The Morgan fingerprint density at radius 2 is 1.88 bits per heavy atom. The Morgan fingerprint density at radius 1 is 1.29 bits per heavy atom. The summed E-state index contributed by atoms with van der Waals surface area (Å²) in [6.45, 7) is 0.268. The van der Waals surface area contributed by atoms with E-state index in [4.69, 9.17) is 4.74 Å². The SMILES string of the molecule is COCCS(=O)(=O)N(C)C1CC2CCC(C1)N2. The van der Waals surface area contributed by atoms with Crippen LogP contribution in [0.15, 0.2) is 0 Å². The van der Waals surface area contributed by atoms with Crippen molar-refractivity contribution < 1.29 is 13.2 Å². The monoisotopic (exact) mass is 262 g/mol. The maximum absolute atomic E-state index is 12.0. The predicted molar refractivity (Wildman–Crippen MR) is 66.4 cm³/mol. The van der Waals surface area contributed by atoms with Crippen LogP contribution in [0.3, 0.4) is 0 Å². The van der Waals surface area contributed by atoms with Crippen molar-refractivity contribution in [3.8, 4) is 0 Å². The van der Waals surface area contributed by atoms with Gasteiger partial charge in [-0.05, 0) is 25.7 Å². The summed E-state index contributed by atoms with van der Waals surface area (Å²) in [6, 6.07) is 1.19. The quantitative estimate of drug-likeness (QED) is 0.768. The van der Waals surface area contributed by atoms with Crippen molar-refractivity contribution in [1.82, 2.24) is 9.62 Å². The van der Waals surface area contributed by atoms with Crippen LogP contribution in [0.5, 0.6) is 0 Å². The van der Waals surface area contributed by atoms with Crippen molar-refractivity contribution >= 4 is 10.0 Å². The number of rotatable bonds is 5. The maximum Gasteiger partial charge on any atom is 0.216 e. The van der Waals surface area contributed by atoms with Gasteiger partial charge in [-0.3, -0.25) is 0 Å². The Morgan fingerprint density at radius 3 is 2.41 bits per heavy atom. The number of fused-ring (bicyclic) bond motifs is 2. The number of nitrogens with zero attached hydrogens (tertiary/aromatic N) is 1. The molecule has 0 amide bonds. The molecular weight excluding hydrogens is 240 g/mol. The number of methoxy groups -OCH3 is 1.